The maximum atomic E-state index is 6.19. The Morgan fingerprint density at radius 2 is 1.46 bits per heavy atom. The summed E-state index contributed by atoms with van der Waals surface area (Å²) in [5, 5.41) is 0. The van der Waals surface area contributed by atoms with Crippen LogP contribution in [0.1, 0.15) is 59.8 Å². The topological polar surface area (TPSA) is 26.0 Å². The van der Waals surface area contributed by atoms with Crippen molar-refractivity contribution in [3.05, 3.63) is 0 Å². The fraction of sp³-hybridized carbons (Fsp3) is 1.00. The van der Waals surface area contributed by atoms with Crippen molar-refractivity contribution in [2.75, 3.05) is 0 Å². The highest BCUT2D eigenvalue weighted by Crippen LogP contribution is 2.20. The zero-order valence-electron chi connectivity index (χ0n) is 9.84. The molecule has 1 unspecified atom stereocenters. The molecule has 0 saturated heterocycles. The van der Waals surface area contributed by atoms with E-state index in [9.17, 15) is 0 Å². The number of rotatable bonds is 7. The zero-order valence-corrected chi connectivity index (χ0v) is 9.84. The summed E-state index contributed by atoms with van der Waals surface area (Å²) in [6.45, 7) is 9.03. The first-order chi connectivity index (χ1) is 6.11. The molecule has 0 aromatic carbocycles. The molecule has 0 saturated carbocycles. The molecule has 0 aliphatic carbocycles. The fourth-order valence-electron chi connectivity index (χ4n) is 2.05. The van der Waals surface area contributed by atoms with Gasteiger partial charge in [0.25, 0.3) is 0 Å². The van der Waals surface area contributed by atoms with Crippen LogP contribution in [0.25, 0.3) is 0 Å². The highest BCUT2D eigenvalue weighted by atomic mass is 14.6. The molecule has 80 valence electrons. The van der Waals surface area contributed by atoms with E-state index < -0.39 is 0 Å². The maximum absolute atomic E-state index is 6.19. The van der Waals surface area contributed by atoms with Gasteiger partial charge < -0.3 is 5.73 Å². The summed E-state index contributed by atoms with van der Waals surface area (Å²) >= 11 is 0. The largest absolute Gasteiger partial charge is 0.327 e. The molecule has 1 heteroatoms. The summed E-state index contributed by atoms with van der Waals surface area (Å²) < 4.78 is 0. The van der Waals surface area contributed by atoms with Gasteiger partial charge in [-0.3, -0.25) is 0 Å². The third-order valence-electron chi connectivity index (χ3n) is 2.67. The molecule has 2 N–H and O–H groups in total. The highest BCUT2D eigenvalue weighted by Gasteiger charge is 2.16. The monoisotopic (exact) mass is 185 g/mol. The van der Waals surface area contributed by atoms with E-state index in [0.717, 1.165) is 11.8 Å². The number of hydrogen-bond acceptors (Lipinski definition) is 1. The van der Waals surface area contributed by atoms with Gasteiger partial charge in [-0.1, -0.05) is 40.5 Å². The average Bonchev–Trinajstić information content (AvgIpc) is 2.02. The Morgan fingerprint density at radius 3 is 1.77 bits per heavy atom. The standard InChI is InChI=1S/C12H27N/c1-5-7-11(8-6-2)12(13)9-10(3)4/h10-12H,5-9,13H2,1-4H3. The third-order valence-corrected chi connectivity index (χ3v) is 2.67. The van der Waals surface area contributed by atoms with Crippen molar-refractivity contribution in [3.63, 3.8) is 0 Å². The predicted octanol–water partition coefficient (Wildman–Crippen LogP) is 3.58. The van der Waals surface area contributed by atoms with Crippen molar-refractivity contribution in [3.8, 4) is 0 Å². The minimum atomic E-state index is 0.430. The lowest BCUT2D eigenvalue weighted by atomic mass is 9.86. The van der Waals surface area contributed by atoms with Gasteiger partial charge >= 0.3 is 0 Å². The molecule has 0 aliphatic rings. The van der Waals surface area contributed by atoms with E-state index in [1.54, 1.807) is 0 Å². The summed E-state index contributed by atoms with van der Waals surface area (Å²) in [6, 6.07) is 0.430. The first kappa shape index (κ1) is 13.0. The second-order valence-corrected chi connectivity index (χ2v) is 4.63. The van der Waals surface area contributed by atoms with Crippen LogP contribution < -0.4 is 5.73 Å². The van der Waals surface area contributed by atoms with E-state index in [0.29, 0.717) is 6.04 Å². The quantitative estimate of drug-likeness (QED) is 0.644. The van der Waals surface area contributed by atoms with Crippen molar-refractivity contribution >= 4 is 0 Å². The highest BCUT2D eigenvalue weighted by molar-refractivity contribution is 4.73. The van der Waals surface area contributed by atoms with Crippen molar-refractivity contribution in [1.82, 2.24) is 0 Å². The molecule has 0 aliphatic heterocycles. The van der Waals surface area contributed by atoms with Gasteiger partial charge in [0, 0.05) is 6.04 Å². The van der Waals surface area contributed by atoms with Gasteiger partial charge in [0.1, 0.15) is 0 Å². The van der Waals surface area contributed by atoms with Crippen LogP contribution in [0.5, 0.6) is 0 Å². The summed E-state index contributed by atoms with van der Waals surface area (Å²) in [5.74, 6) is 1.50. The van der Waals surface area contributed by atoms with Crippen LogP contribution in [-0.4, -0.2) is 6.04 Å². The van der Waals surface area contributed by atoms with Crippen LogP contribution in [-0.2, 0) is 0 Å². The molecule has 0 radical (unpaired) electrons. The summed E-state index contributed by atoms with van der Waals surface area (Å²) in [7, 11) is 0. The van der Waals surface area contributed by atoms with Crippen LogP contribution in [0.4, 0.5) is 0 Å². The smallest absolute Gasteiger partial charge is 0.00695 e. The Kier molecular flexibility index (Phi) is 7.35. The Hall–Kier alpha value is -0.0400. The molecule has 0 aromatic heterocycles. The van der Waals surface area contributed by atoms with Crippen molar-refractivity contribution in [1.29, 1.82) is 0 Å². The van der Waals surface area contributed by atoms with E-state index in [1.165, 1.54) is 32.1 Å². The van der Waals surface area contributed by atoms with Crippen LogP contribution in [0, 0.1) is 11.8 Å². The first-order valence-corrected chi connectivity index (χ1v) is 5.87. The van der Waals surface area contributed by atoms with Crippen LogP contribution in [0.2, 0.25) is 0 Å². The molecule has 0 rings (SSSR count). The molecule has 0 spiro atoms. The summed E-state index contributed by atoms with van der Waals surface area (Å²) in [5.41, 5.74) is 6.19. The second kappa shape index (κ2) is 7.37. The van der Waals surface area contributed by atoms with E-state index in [2.05, 4.69) is 27.7 Å². The minimum Gasteiger partial charge on any atom is -0.327 e. The molecule has 1 atom stereocenters. The number of hydrogen-bond donors (Lipinski definition) is 1. The first-order valence-electron chi connectivity index (χ1n) is 5.87. The Morgan fingerprint density at radius 1 is 1.00 bits per heavy atom. The van der Waals surface area contributed by atoms with Crippen molar-refractivity contribution in [2.24, 2.45) is 17.6 Å². The minimum absolute atomic E-state index is 0.430. The molecule has 1 nitrogen and oxygen atoms in total. The molecule has 0 amide bonds. The van der Waals surface area contributed by atoms with Crippen molar-refractivity contribution in [2.45, 2.75) is 65.8 Å². The molecule has 0 aromatic rings. The third kappa shape index (κ3) is 6.09. The molecular formula is C12H27N. The van der Waals surface area contributed by atoms with E-state index in [-0.39, 0.29) is 0 Å². The second-order valence-electron chi connectivity index (χ2n) is 4.63. The molecular weight excluding hydrogens is 158 g/mol. The van der Waals surface area contributed by atoms with Gasteiger partial charge in [0.2, 0.25) is 0 Å². The summed E-state index contributed by atoms with van der Waals surface area (Å²) in [4.78, 5) is 0. The fourth-order valence-corrected chi connectivity index (χ4v) is 2.05. The Labute approximate surface area is 84.1 Å². The SMILES string of the molecule is CCCC(CCC)C(N)CC(C)C. The van der Waals surface area contributed by atoms with Crippen LogP contribution >= 0.6 is 0 Å². The van der Waals surface area contributed by atoms with Crippen molar-refractivity contribution < 1.29 is 0 Å². The van der Waals surface area contributed by atoms with Gasteiger partial charge in [-0.05, 0) is 31.1 Å². The normalized spacial score (nSPS) is 14.1. The van der Waals surface area contributed by atoms with E-state index >= 15 is 0 Å². The molecule has 0 bridgehead atoms. The van der Waals surface area contributed by atoms with Crippen LogP contribution in [0.3, 0.4) is 0 Å². The van der Waals surface area contributed by atoms with Gasteiger partial charge in [0.05, 0.1) is 0 Å². The molecule has 13 heavy (non-hydrogen) atoms. The Balaban J connectivity index is 3.86. The summed E-state index contributed by atoms with van der Waals surface area (Å²) in [6.07, 6.45) is 6.35. The lowest BCUT2D eigenvalue weighted by Gasteiger charge is -2.24. The van der Waals surface area contributed by atoms with Gasteiger partial charge in [-0.2, -0.15) is 0 Å². The maximum Gasteiger partial charge on any atom is 0.00695 e. The lowest BCUT2D eigenvalue weighted by Crippen LogP contribution is -2.31. The number of nitrogens with two attached hydrogens (primary N) is 1. The average molecular weight is 185 g/mol. The van der Waals surface area contributed by atoms with Gasteiger partial charge in [-0.25, -0.2) is 0 Å². The van der Waals surface area contributed by atoms with E-state index in [4.69, 9.17) is 5.73 Å². The van der Waals surface area contributed by atoms with Crippen LogP contribution in [0.15, 0.2) is 0 Å². The predicted molar refractivity (Wildman–Crippen MR) is 60.7 cm³/mol. The van der Waals surface area contributed by atoms with Gasteiger partial charge in [0.15, 0.2) is 0 Å². The molecule has 0 heterocycles. The molecule has 0 fully saturated rings. The Bertz CT molecular complexity index is 104. The van der Waals surface area contributed by atoms with Gasteiger partial charge in [-0.15, -0.1) is 0 Å². The van der Waals surface area contributed by atoms with E-state index in [1.807, 2.05) is 0 Å². The lowest BCUT2D eigenvalue weighted by molar-refractivity contribution is 0.321. The zero-order chi connectivity index (χ0) is 10.3.